The average molecular weight is 635 g/mol. The molecule has 2 amide bonds. The Hall–Kier alpha value is -3.47. The number of quaternary nitrogens is 1. The number of hydrogen-bond acceptors (Lipinski definition) is 7. The van der Waals surface area contributed by atoms with Gasteiger partial charge in [0.25, 0.3) is 5.91 Å². The molecule has 0 saturated heterocycles. The van der Waals surface area contributed by atoms with Gasteiger partial charge in [-0.2, -0.15) is 0 Å². The van der Waals surface area contributed by atoms with Gasteiger partial charge in [-0.15, -0.1) is 0 Å². The zero-order chi connectivity index (χ0) is 32.3. The first-order chi connectivity index (χ1) is 22.4. The Kier molecular flexibility index (Phi) is 12.4. The molecule has 10 nitrogen and oxygen atoms in total. The predicted molar refractivity (Wildman–Crippen MR) is 179 cm³/mol. The number of phenols is 1. The van der Waals surface area contributed by atoms with Crippen molar-refractivity contribution in [2.24, 2.45) is 11.8 Å². The Morgan fingerprint density at radius 3 is 2.80 bits per heavy atom. The summed E-state index contributed by atoms with van der Waals surface area (Å²) >= 11 is 0. The molecular formula is C36H52N5O5+. The van der Waals surface area contributed by atoms with E-state index in [1.807, 2.05) is 6.07 Å². The molecule has 1 heterocycles. The van der Waals surface area contributed by atoms with Gasteiger partial charge in [-0.05, 0) is 74.6 Å². The number of phenolic OH excluding ortho intramolecular Hbond substituents is 1. The molecule has 1 unspecified atom stereocenters. The topological polar surface area (TPSA) is 141 Å². The van der Waals surface area contributed by atoms with Crippen LogP contribution >= 0.6 is 0 Å². The second-order valence-electron chi connectivity index (χ2n) is 13.1. The van der Waals surface area contributed by atoms with Crippen molar-refractivity contribution in [2.45, 2.75) is 77.2 Å². The highest BCUT2D eigenvalue weighted by Crippen LogP contribution is 2.39. The van der Waals surface area contributed by atoms with Gasteiger partial charge in [0.05, 0.1) is 31.8 Å². The number of anilines is 1. The Morgan fingerprint density at radius 1 is 1.20 bits per heavy atom. The molecule has 5 rings (SSSR count). The van der Waals surface area contributed by atoms with Crippen LogP contribution in [0.5, 0.6) is 11.5 Å². The van der Waals surface area contributed by atoms with Crippen molar-refractivity contribution in [2.75, 3.05) is 51.3 Å². The number of benzene rings is 1. The molecule has 2 fully saturated rings. The molecule has 1 aromatic rings. The third-order valence-corrected chi connectivity index (χ3v) is 9.63. The maximum atomic E-state index is 13.3. The minimum absolute atomic E-state index is 0.0000305. The highest BCUT2D eigenvalue weighted by atomic mass is 16.5. The zero-order valence-corrected chi connectivity index (χ0v) is 27.3. The van der Waals surface area contributed by atoms with E-state index in [0.717, 1.165) is 67.7 Å². The van der Waals surface area contributed by atoms with Gasteiger partial charge in [-0.25, -0.2) is 0 Å². The zero-order valence-electron chi connectivity index (χ0n) is 27.3. The van der Waals surface area contributed by atoms with Crippen molar-refractivity contribution in [1.29, 1.82) is 5.41 Å². The lowest BCUT2D eigenvalue weighted by molar-refractivity contribution is -0.591. The molecule has 0 bridgehead atoms. The molecule has 46 heavy (non-hydrogen) atoms. The molecule has 6 N–H and O–H groups in total. The first-order valence-electron chi connectivity index (χ1n) is 17.2. The number of carbonyl (C=O) groups excluding carboxylic acids is 2. The number of hydrogen-bond donors (Lipinski definition) is 5. The van der Waals surface area contributed by atoms with Crippen molar-refractivity contribution < 1.29 is 29.5 Å². The number of ether oxygens (including phenoxy) is 2. The second-order valence-corrected chi connectivity index (χ2v) is 13.1. The smallest absolute Gasteiger partial charge is 0.262 e. The van der Waals surface area contributed by atoms with Crippen LogP contribution in [0, 0.1) is 17.2 Å². The van der Waals surface area contributed by atoms with E-state index in [1.54, 1.807) is 6.07 Å². The van der Waals surface area contributed by atoms with E-state index in [2.05, 4.69) is 46.1 Å². The molecular weight excluding hydrogens is 582 g/mol. The van der Waals surface area contributed by atoms with Gasteiger partial charge in [0, 0.05) is 31.3 Å². The number of amides is 2. The summed E-state index contributed by atoms with van der Waals surface area (Å²) in [4.78, 5) is 27.0. The van der Waals surface area contributed by atoms with Gasteiger partial charge in [0.15, 0.2) is 12.4 Å². The number of nitrogens with one attached hydrogen (secondary N) is 3. The van der Waals surface area contributed by atoms with Crippen LogP contribution in [0.1, 0.15) is 70.3 Å². The van der Waals surface area contributed by atoms with E-state index in [1.165, 1.54) is 24.6 Å². The average Bonchev–Trinajstić information content (AvgIpc) is 3.73. The summed E-state index contributed by atoms with van der Waals surface area (Å²) in [6.07, 6.45) is 18.0. The summed E-state index contributed by atoms with van der Waals surface area (Å²) in [6.45, 7) is 6.34. The van der Waals surface area contributed by atoms with E-state index in [0.29, 0.717) is 69.1 Å². The molecule has 1 aromatic carbocycles. The number of nitrogens with zero attached hydrogens (tertiary/aromatic N) is 1. The molecule has 1 aliphatic heterocycles. The lowest BCUT2D eigenvalue weighted by atomic mass is 9.86. The Bertz CT molecular complexity index is 1330. The summed E-state index contributed by atoms with van der Waals surface area (Å²) in [7, 11) is 0. The van der Waals surface area contributed by atoms with Crippen LogP contribution < -0.4 is 20.7 Å². The Labute approximate surface area is 273 Å². The fourth-order valence-electron chi connectivity index (χ4n) is 6.63. The molecule has 0 aromatic heterocycles. The van der Waals surface area contributed by atoms with Gasteiger partial charge < -0.3 is 40.8 Å². The number of rotatable bonds is 18. The molecule has 0 radical (unpaired) electrons. The van der Waals surface area contributed by atoms with Crippen LogP contribution in [-0.2, 0) is 20.7 Å². The Morgan fingerprint density at radius 2 is 2.02 bits per heavy atom. The predicted octanol–water partition coefficient (Wildman–Crippen LogP) is 3.82. The molecule has 250 valence electrons. The van der Waals surface area contributed by atoms with E-state index < -0.39 is 0 Å². The van der Waals surface area contributed by atoms with Gasteiger partial charge in [0.2, 0.25) is 5.91 Å². The molecule has 4 aliphatic rings. The van der Waals surface area contributed by atoms with E-state index in [4.69, 9.17) is 14.9 Å². The molecule has 10 heteroatoms. The van der Waals surface area contributed by atoms with Gasteiger partial charge in [-0.3, -0.25) is 9.59 Å². The summed E-state index contributed by atoms with van der Waals surface area (Å²) in [5.41, 5.74) is 4.71. The Balaban J connectivity index is 1.03. The van der Waals surface area contributed by atoms with Crippen LogP contribution in [0.3, 0.4) is 0 Å². The molecule has 1 atom stereocenters. The number of nitrogens with two attached hydrogens (primary N) is 1. The molecule has 2 saturated carbocycles. The van der Waals surface area contributed by atoms with Crippen molar-refractivity contribution in [3.8, 4) is 11.5 Å². The van der Waals surface area contributed by atoms with Crippen molar-refractivity contribution in [3.63, 3.8) is 0 Å². The number of fused-ring (bicyclic) bond motifs is 1. The number of carbonyl (C=O) groups is 2. The summed E-state index contributed by atoms with van der Waals surface area (Å²) < 4.78 is 11.6. The molecule has 0 spiro atoms. The lowest BCUT2D eigenvalue weighted by Gasteiger charge is -2.29. The van der Waals surface area contributed by atoms with E-state index >= 15 is 0 Å². The normalized spacial score (nSPS) is 20.0. The van der Waals surface area contributed by atoms with Crippen LogP contribution in [0.2, 0.25) is 0 Å². The first-order valence-corrected chi connectivity index (χ1v) is 17.2. The van der Waals surface area contributed by atoms with Crippen LogP contribution in [0.4, 0.5) is 5.69 Å². The fraction of sp³-hybridized carbons (Fsp3) is 0.583. The van der Waals surface area contributed by atoms with Gasteiger partial charge in [0.1, 0.15) is 17.6 Å². The monoisotopic (exact) mass is 634 g/mol. The SMILES string of the molecule is CC1CC=C(C(C=N)=C[NH2+]CC2CC2)C=C1CCOCCC(=O)N(CCNCCc1ccc(O)c2c1OCC(=O)N2)C1CCCC1. The maximum absolute atomic E-state index is 13.3. The second kappa shape index (κ2) is 16.9. The maximum Gasteiger partial charge on any atom is 0.262 e. The minimum Gasteiger partial charge on any atom is -0.506 e. The highest BCUT2D eigenvalue weighted by molar-refractivity contribution is 5.97. The third kappa shape index (κ3) is 9.53. The fourth-order valence-corrected chi connectivity index (χ4v) is 6.63. The van der Waals surface area contributed by atoms with Crippen molar-refractivity contribution in [3.05, 3.63) is 52.8 Å². The summed E-state index contributed by atoms with van der Waals surface area (Å²) in [5, 5.41) is 26.4. The van der Waals surface area contributed by atoms with Gasteiger partial charge in [-0.1, -0.05) is 43.6 Å². The van der Waals surface area contributed by atoms with Crippen LogP contribution in [0.25, 0.3) is 0 Å². The summed E-state index contributed by atoms with van der Waals surface area (Å²) in [6, 6.07) is 3.70. The van der Waals surface area contributed by atoms with Crippen molar-refractivity contribution >= 4 is 23.7 Å². The lowest BCUT2D eigenvalue weighted by Crippen LogP contribution is -2.79. The standard InChI is InChI=1S/C36H51N5O5/c1-25-6-9-29(30(21-37)23-39-22-26-7-8-26)20-28(25)13-18-45-19-14-34(44)41(31-4-2-3-5-31)17-16-38-15-12-27-10-11-32(42)35-36(27)46-24-33(43)40-35/h9-11,20-21,23,25-26,31,37-39,42H,2-8,12-19,22,24H2,1H3,(H,40,43)/p+1. The van der Waals surface area contributed by atoms with Gasteiger partial charge >= 0.3 is 0 Å². The van der Waals surface area contributed by atoms with Crippen molar-refractivity contribution in [1.82, 2.24) is 10.2 Å². The number of allylic oxidation sites excluding steroid dienone is 4. The van der Waals surface area contributed by atoms with E-state index in [9.17, 15) is 14.7 Å². The first kappa shape index (κ1) is 33.9. The minimum atomic E-state index is -0.276. The molecule has 3 aliphatic carbocycles. The number of aromatic hydroxyl groups is 1. The summed E-state index contributed by atoms with van der Waals surface area (Å²) in [5.74, 6) is 1.71. The quantitative estimate of drug-likeness (QED) is 0.0945. The highest BCUT2D eigenvalue weighted by Gasteiger charge is 2.27. The largest absolute Gasteiger partial charge is 0.506 e. The van der Waals surface area contributed by atoms with Crippen LogP contribution in [0.15, 0.2) is 47.2 Å². The third-order valence-electron chi connectivity index (χ3n) is 9.63. The van der Waals surface area contributed by atoms with E-state index in [-0.39, 0.29) is 24.2 Å². The van der Waals surface area contributed by atoms with Crippen LogP contribution in [-0.4, -0.2) is 80.1 Å².